The van der Waals surface area contributed by atoms with Gasteiger partial charge in [-0.2, -0.15) is 0 Å². The molecule has 0 atom stereocenters. The summed E-state index contributed by atoms with van der Waals surface area (Å²) in [5, 5.41) is 8.44. The highest BCUT2D eigenvalue weighted by molar-refractivity contribution is 7.99. The van der Waals surface area contributed by atoms with Gasteiger partial charge in [0.25, 0.3) is 5.22 Å². The van der Waals surface area contributed by atoms with Crippen LogP contribution < -0.4 is 4.74 Å². The number of ether oxygens (including phenoxy) is 1. The Morgan fingerprint density at radius 3 is 2.29 bits per heavy atom. The third-order valence-electron chi connectivity index (χ3n) is 5.75. The molecule has 0 bridgehead atoms. The maximum absolute atomic E-state index is 12.6. The van der Waals surface area contributed by atoms with E-state index in [0.29, 0.717) is 43.7 Å². The molecule has 1 aromatic heterocycles. The molecule has 8 nitrogen and oxygen atoms in total. The van der Waals surface area contributed by atoms with Crippen molar-refractivity contribution in [2.75, 3.05) is 39.0 Å². The maximum atomic E-state index is 12.6. The van der Waals surface area contributed by atoms with Gasteiger partial charge in [0.15, 0.2) is 0 Å². The number of thioether (sulfide) groups is 1. The number of methoxy groups -OCH3 is 1. The average Bonchev–Trinajstić information content (AvgIpc) is 3.37. The highest BCUT2D eigenvalue weighted by Crippen LogP contribution is 2.25. The average molecular weight is 481 g/mol. The van der Waals surface area contributed by atoms with E-state index < -0.39 is 0 Å². The molecule has 1 saturated heterocycles. The topological polar surface area (TPSA) is 88.8 Å². The molecule has 178 valence electrons. The van der Waals surface area contributed by atoms with Gasteiger partial charge in [0.05, 0.1) is 12.9 Å². The molecule has 34 heavy (non-hydrogen) atoms. The van der Waals surface area contributed by atoms with Crippen LogP contribution >= 0.6 is 11.8 Å². The Morgan fingerprint density at radius 2 is 1.62 bits per heavy atom. The summed E-state index contributed by atoms with van der Waals surface area (Å²) < 4.78 is 10.8. The lowest BCUT2D eigenvalue weighted by molar-refractivity contribution is -0.138. The third kappa shape index (κ3) is 6.38. The van der Waals surface area contributed by atoms with Gasteiger partial charge in [0.2, 0.25) is 17.7 Å². The summed E-state index contributed by atoms with van der Waals surface area (Å²) in [4.78, 5) is 28.8. The Morgan fingerprint density at radius 1 is 0.941 bits per heavy atom. The number of hydrogen-bond acceptors (Lipinski definition) is 7. The lowest BCUT2D eigenvalue weighted by Gasteiger charge is -2.34. The smallest absolute Gasteiger partial charge is 0.277 e. The predicted molar refractivity (Wildman–Crippen MR) is 130 cm³/mol. The molecule has 0 saturated carbocycles. The monoisotopic (exact) mass is 480 g/mol. The van der Waals surface area contributed by atoms with Gasteiger partial charge in [-0.25, -0.2) is 0 Å². The van der Waals surface area contributed by atoms with Crippen molar-refractivity contribution in [1.29, 1.82) is 0 Å². The Balaban J connectivity index is 1.17. The quantitative estimate of drug-likeness (QED) is 0.433. The number of nitrogens with zero attached hydrogens (tertiary/aromatic N) is 4. The molecule has 2 amide bonds. The van der Waals surface area contributed by atoms with Crippen LogP contribution in [0.15, 0.2) is 64.2 Å². The number of aryl methyl sites for hydroxylation is 1. The van der Waals surface area contributed by atoms with Gasteiger partial charge in [0.1, 0.15) is 5.75 Å². The molecule has 4 rings (SSSR count). The Hall–Kier alpha value is -3.33. The van der Waals surface area contributed by atoms with Crippen LogP contribution in [0.2, 0.25) is 0 Å². The van der Waals surface area contributed by atoms with Crippen molar-refractivity contribution in [2.24, 2.45) is 0 Å². The number of piperazine rings is 1. The van der Waals surface area contributed by atoms with Crippen molar-refractivity contribution >= 4 is 23.6 Å². The standard InChI is InChI=1S/C25H28N4O4S/c1-32-21-12-10-20(11-13-21)24-26-27-25(33-24)34-18-23(31)29-16-14-28(15-17-29)22(30)9-5-8-19-6-3-2-4-7-19/h2-4,6-7,10-13H,5,8-9,14-18H2,1H3. The summed E-state index contributed by atoms with van der Waals surface area (Å²) in [7, 11) is 1.61. The second-order valence-corrected chi connectivity index (χ2v) is 8.92. The van der Waals surface area contributed by atoms with Gasteiger partial charge in [-0.05, 0) is 42.7 Å². The van der Waals surface area contributed by atoms with E-state index in [-0.39, 0.29) is 17.6 Å². The molecule has 2 aromatic carbocycles. The third-order valence-corrected chi connectivity index (χ3v) is 6.55. The normalized spacial score (nSPS) is 13.7. The van der Waals surface area contributed by atoms with E-state index >= 15 is 0 Å². The van der Waals surface area contributed by atoms with E-state index in [1.165, 1.54) is 17.3 Å². The Kier molecular flexibility index (Phi) is 8.19. The first-order valence-corrected chi connectivity index (χ1v) is 12.3. The van der Waals surface area contributed by atoms with Crippen LogP contribution in [0.5, 0.6) is 5.75 Å². The van der Waals surface area contributed by atoms with Crippen molar-refractivity contribution in [3.8, 4) is 17.2 Å². The maximum Gasteiger partial charge on any atom is 0.277 e. The van der Waals surface area contributed by atoms with E-state index in [0.717, 1.165) is 24.2 Å². The number of hydrogen-bond donors (Lipinski definition) is 0. The fraction of sp³-hybridized carbons (Fsp3) is 0.360. The number of aromatic nitrogens is 2. The van der Waals surface area contributed by atoms with Gasteiger partial charge in [0, 0.05) is 38.2 Å². The zero-order valence-corrected chi connectivity index (χ0v) is 20.0. The zero-order valence-electron chi connectivity index (χ0n) is 19.2. The summed E-state index contributed by atoms with van der Waals surface area (Å²) in [6, 6.07) is 17.5. The number of amides is 2. The molecule has 1 aliphatic heterocycles. The van der Waals surface area contributed by atoms with Crippen LogP contribution in [0.1, 0.15) is 18.4 Å². The second kappa shape index (κ2) is 11.7. The van der Waals surface area contributed by atoms with E-state index in [4.69, 9.17) is 9.15 Å². The summed E-state index contributed by atoms with van der Waals surface area (Å²) in [6.07, 6.45) is 2.27. The van der Waals surface area contributed by atoms with Crippen LogP contribution in [-0.2, 0) is 16.0 Å². The minimum atomic E-state index is 0.00498. The number of carbonyl (C=O) groups is 2. The molecule has 0 unspecified atom stereocenters. The minimum absolute atomic E-state index is 0.00498. The van der Waals surface area contributed by atoms with Crippen LogP contribution in [0, 0.1) is 0 Å². The lowest BCUT2D eigenvalue weighted by Crippen LogP contribution is -2.51. The van der Waals surface area contributed by atoms with E-state index in [9.17, 15) is 9.59 Å². The zero-order chi connectivity index (χ0) is 23.8. The molecule has 0 spiro atoms. The van der Waals surface area contributed by atoms with Crippen LogP contribution in [0.4, 0.5) is 0 Å². The van der Waals surface area contributed by atoms with Crippen LogP contribution in [0.25, 0.3) is 11.5 Å². The van der Waals surface area contributed by atoms with E-state index in [2.05, 4.69) is 22.3 Å². The first kappa shape index (κ1) is 23.8. The van der Waals surface area contributed by atoms with Crippen LogP contribution in [0.3, 0.4) is 0 Å². The molecule has 2 heterocycles. The molecular formula is C25H28N4O4S. The Labute approximate surface area is 203 Å². The van der Waals surface area contributed by atoms with E-state index in [1.807, 2.05) is 47.4 Å². The largest absolute Gasteiger partial charge is 0.497 e. The molecule has 0 N–H and O–H groups in total. The number of rotatable bonds is 9. The fourth-order valence-corrected chi connectivity index (χ4v) is 4.45. The first-order chi connectivity index (χ1) is 16.6. The highest BCUT2D eigenvalue weighted by atomic mass is 32.2. The fourth-order valence-electron chi connectivity index (χ4n) is 3.78. The summed E-state index contributed by atoms with van der Waals surface area (Å²) in [5.74, 6) is 1.53. The van der Waals surface area contributed by atoms with Gasteiger partial charge < -0.3 is 19.0 Å². The summed E-state index contributed by atoms with van der Waals surface area (Å²) >= 11 is 1.22. The second-order valence-electron chi connectivity index (χ2n) is 7.99. The lowest BCUT2D eigenvalue weighted by atomic mass is 10.1. The summed E-state index contributed by atoms with van der Waals surface area (Å²) in [6.45, 7) is 2.24. The SMILES string of the molecule is COc1ccc(-c2nnc(SCC(=O)N3CCN(C(=O)CCCc4ccccc4)CC3)o2)cc1. The summed E-state index contributed by atoms with van der Waals surface area (Å²) in [5.41, 5.74) is 2.04. The van der Waals surface area contributed by atoms with Gasteiger partial charge in [-0.3, -0.25) is 9.59 Å². The molecule has 0 radical (unpaired) electrons. The van der Waals surface area contributed by atoms with Gasteiger partial charge in [-0.1, -0.05) is 42.1 Å². The number of benzene rings is 2. The first-order valence-electron chi connectivity index (χ1n) is 11.3. The number of carbonyl (C=O) groups excluding carboxylic acids is 2. The van der Waals surface area contributed by atoms with Crippen molar-refractivity contribution in [3.63, 3.8) is 0 Å². The molecule has 9 heteroatoms. The van der Waals surface area contributed by atoms with Gasteiger partial charge >= 0.3 is 0 Å². The van der Waals surface area contributed by atoms with Crippen LogP contribution in [-0.4, -0.2) is 70.9 Å². The molecule has 1 aliphatic rings. The van der Waals surface area contributed by atoms with Crippen molar-refractivity contribution in [3.05, 3.63) is 60.2 Å². The molecule has 1 fully saturated rings. The molecule has 0 aliphatic carbocycles. The van der Waals surface area contributed by atoms with Crippen molar-refractivity contribution < 1.29 is 18.7 Å². The minimum Gasteiger partial charge on any atom is -0.497 e. The Bertz CT molecular complexity index is 1080. The van der Waals surface area contributed by atoms with E-state index in [1.54, 1.807) is 12.0 Å². The van der Waals surface area contributed by atoms with Crippen molar-refractivity contribution in [1.82, 2.24) is 20.0 Å². The molecular weight excluding hydrogens is 452 g/mol. The van der Waals surface area contributed by atoms with Crippen molar-refractivity contribution in [2.45, 2.75) is 24.5 Å². The predicted octanol–water partition coefficient (Wildman–Crippen LogP) is 3.53. The van der Waals surface area contributed by atoms with Gasteiger partial charge in [-0.15, -0.1) is 10.2 Å². The molecule has 3 aromatic rings. The highest BCUT2D eigenvalue weighted by Gasteiger charge is 2.24.